The Labute approximate surface area is 229 Å². The Morgan fingerprint density at radius 3 is 2.67 bits per heavy atom. The molecule has 0 spiro atoms. The number of carbonyl (C=O) groups is 1. The Morgan fingerprint density at radius 2 is 1.92 bits per heavy atom. The first-order valence-corrected chi connectivity index (χ1v) is 14.0. The van der Waals surface area contributed by atoms with Crippen LogP contribution in [0.1, 0.15) is 43.4 Å². The van der Waals surface area contributed by atoms with Crippen LogP contribution < -0.4 is 4.90 Å². The summed E-state index contributed by atoms with van der Waals surface area (Å²) < 4.78 is 7.28. The number of fused-ring (bicyclic) bond motifs is 2. The molecular weight excluding hydrogens is 492 g/mol. The number of pyridine rings is 2. The van der Waals surface area contributed by atoms with E-state index >= 15 is 0 Å². The highest BCUT2D eigenvalue weighted by Crippen LogP contribution is 2.38. The van der Waals surface area contributed by atoms with Gasteiger partial charge in [0.05, 0.1) is 36.5 Å². The Kier molecular flexibility index (Phi) is 6.76. The average Bonchev–Trinajstić information content (AvgIpc) is 3.55. The number of anilines is 1. The quantitative estimate of drug-likeness (QED) is 0.423. The fourth-order valence-corrected chi connectivity index (χ4v) is 6.06. The molecule has 10 nitrogen and oxygen atoms in total. The van der Waals surface area contributed by atoms with Crippen LogP contribution in [0.2, 0.25) is 0 Å². The van der Waals surface area contributed by atoms with E-state index in [0.717, 1.165) is 65.5 Å². The predicted molar refractivity (Wildman–Crippen MR) is 152 cm³/mol. The number of amides is 1. The molecule has 0 bridgehead atoms. The van der Waals surface area contributed by atoms with Crippen molar-refractivity contribution in [2.24, 2.45) is 0 Å². The van der Waals surface area contributed by atoms with Crippen LogP contribution in [0.5, 0.6) is 0 Å². The van der Waals surface area contributed by atoms with E-state index < -0.39 is 0 Å². The maximum absolute atomic E-state index is 13.1. The molecule has 10 heteroatoms. The number of carbonyl (C=O) groups excluding carboxylic acids is 1. The van der Waals surface area contributed by atoms with Crippen molar-refractivity contribution in [3.63, 3.8) is 0 Å². The number of nitrogens with one attached hydrogen (secondary N) is 1. The van der Waals surface area contributed by atoms with Crippen LogP contribution in [0.3, 0.4) is 0 Å². The van der Waals surface area contributed by atoms with E-state index in [0.29, 0.717) is 26.3 Å². The lowest BCUT2D eigenvalue weighted by molar-refractivity contribution is -0.135. The van der Waals surface area contributed by atoms with Crippen LogP contribution in [0.25, 0.3) is 27.9 Å². The smallest absolute Gasteiger partial charge is 0.237 e. The van der Waals surface area contributed by atoms with Gasteiger partial charge in [-0.25, -0.2) is 14.5 Å². The van der Waals surface area contributed by atoms with E-state index in [1.54, 1.807) is 6.33 Å². The molecule has 2 fully saturated rings. The minimum absolute atomic E-state index is 0.121. The Hall–Kier alpha value is -3.50. The fraction of sp³-hybridized carbons (Fsp3) is 0.517. The summed E-state index contributed by atoms with van der Waals surface area (Å²) in [6.45, 7) is 16.6. The number of ether oxygens (including phenoxy) is 1. The van der Waals surface area contributed by atoms with Crippen molar-refractivity contribution in [3.8, 4) is 11.3 Å². The topological polar surface area (TPSA) is 94.9 Å². The molecule has 0 unspecified atom stereocenters. The lowest BCUT2D eigenvalue weighted by Crippen LogP contribution is -2.56. The first-order chi connectivity index (χ1) is 18.8. The van der Waals surface area contributed by atoms with Crippen molar-refractivity contribution in [1.29, 1.82) is 0 Å². The molecule has 0 aliphatic carbocycles. The molecule has 1 atom stereocenters. The summed E-state index contributed by atoms with van der Waals surface area (Å²) in [5.41, 5.74) is 8.66. The highest BCUT2D eigenvalue weighted by molar-refractivity contribution is 5.90. The Morgan fingerprint density at radius 1 is 1.13 bits per heavy atom. The Balaban J connectivity index is 1.28. The number of nitrogens with zero attached hydrogens (tertiary/aromatic N) is 7. The maximum Gasteiger partial charge on any atom is 0.237 e. The van der Waals surface area contributed by atoms with Crippen molar-refractivity contribution >= 4 is 28.4 Å². The van der Waals surface area contributed by atoms with Crippen molar-refractivity contribution < 1.29 is 9.53 Å². The van der Waals surface area contributed by atoms with Gasteiger partial charge in [0.1, 0.15) is 12.1 Å². The van der Waals surface area contributed by atoms with Crippen molar-refractivity contribution in [1.82, 2.24) is 34.4 Å². The molecule has 1 N–H and O–H groups in total. The summed E-state index contributed by atoms with van der Waals surface area (Å²) in [6.07, 6.45) is 3.67. The van der Waals surface area contributed by atoms with Gasteiger partial charge in [0.25, 0.3) is 0 Å². The number of piperazine rings is 1. The number of aromatic nitrogens is 5. The average molecular weight is 531 g/mol. The zero-order chi connectivity index (χ0) is 27.3. The molecule has 0 radical (unpaired) electrons. The van der Waals surface area contributed by atoms with E-state index in [1.165, 1.54) is 11.1 Å². The predicted octanol–water partition coefficient (Wildman–Crippen LogP) is 3.38. The molecule has 0 aromatic carbocycles. The molecule has 2 aliphatic rings. The Bertz CT molecular complexity index is 1520. The SMILES string of the molecule is Cc1c(-c2[nH]c3ccc(N4CCN(C(=O)CN5CCOCC5)[C@H](C)C4)nc3c2C(C)C)cn2ncnc2c1C. The first kappa shape index (κ1) is 25.8. The summed E-state index contributed by atoms with van der Waals surface area (Å²) in [4.78, 5) is 32.9. The van der Waals surface area contributed by atoms with E-state index in [1.807, 2.05) is 9.42 Å². The molecular formula is C29H38N8O2. The van der Waals surface area contributed by atoms with E-state index in [2.05, 4.69) is 77.8 Å². The number of hydrogen-bond donors (Lipinski definition) is 1. The van der Waals surface area contributed by atoms with Crippen LogP contribution in [0, 0.1) is 13.8 Å². The zero-order valence-corrected chi connectivity index (χ0v) is 23.6. The van der Waals surface area contributed by atoms with Crippen LogP contribution >= 0.6 is 0 Å². The van der Waals surface area contributed by atoms with E-state index in [-0.39, 0.29) is 17.9 Å². The maximum atomic E-state index is 13.1. The monoisotopic (exact) mass is 530 g/mol. The van der Waals surface area contributed by atoms with Crippen molar-refractivity contribution in [2.45, 2.75) is 46.6 Å². The second-order valence-corrected chi connectivity index (χ2v) is 11.2. The third-order valence-electron chi connectivity index (χ3n) is 8.37. The van der Waals surface area contributed by atoms with E-state index in [4.69, 9.17) is 9.72 Å². The third-order valence-corrected chi connectivity index (χ3v) is 8.37. The van der Waals surface area contributed by atoms with Gasteiger partial charge >= 0.3 is 0 Å². The number of aryl methyl sites for hydroxylation is 1. The lowest BCUT2D eigenvalue weighted by atomic mass is 9.95. The summed E-state index contributed by atoms with van der Waals surface area (Å²) in [7, 11) is 0. The number of morpholine rings is 1. The molecule has 39 heavy (non-hydrogen) atoms. The molecule has 0 saturated carbocycles. The molecule has 6 heterocycles. The molecule has 1 amide bonds. The minimum Gasteiger partial charge on any atom is -0.379 e. The second kappa shape index (κ2) is 10.2. The van der Waals surface area contributed by atoms with Crippen LogP contribution in [-0.4, -0.2) is 98.8 Å². The highest BCUT2D eigenvalue weighted by Gasteiger charge is 2.30. The lowest BCUT2D eigenvalue weighted by Gasteiger charge is -2.41. The summed E-state index contributed by atoms with van der Waals surface area (Å²) in [6, 6.07) is 4.36. The van der Waals surface area contributed by atoms with Gasteiger partial charge in [0.15, 0.2) is 5.65 Å². The molecule has 4 aromatic rings. The van der Waals surface area contributed by atoms with Gasteiger partial charge in [0, 0.05) is 56.1 Å². The summed E-state index contributed by atoms with van der Waals surface area (Å²) >= 11 is 0. The van der Waals surface area contributed by atoms with Gasteiger partial charge in [-0.15, -0.1) is 0 Å². The molecule has 2 saturated heterocycles. The number of H-pyrrole nitrogens is 1. The van der Waals surface area contributed by atoms with Crippen LogP contribution in [0.15, 0.2) is 24.7 Å². The van der Waals surface area contributed by atoms with E-state index in [9.17, 15) is 4.79 Å². The third kappa shape index (κ3) is 4.65. The number of hydrogen-bond acceptors (Lipinski definition) is 7. The largest absolute Gasteiger partial charge is 0.379 e. The van der Waals surface area contributed by atoms with Gasteiger partial charge < -0.3 is 19.5 Å². The minimum atomic E-state index is 0.121. The van der Waals surface area contributed by atoms with Crippen molar-refractivity contribution in [2.75, 3.05) is 57.4 Å². The summed E-state index contributed by atoms with van der Waals surface area (Å²) in [5.74, 6) is 1.44. The van der Waals surface area contributed by atoms with Gasteiger partial charge in [-0.3, -0.25) is 9.69 Å². The van der Waals surface area contributed by atoms with Gasteiger partial charge in [0.2, 0.25) is 5.91 Å². The normalized spacial score (nSPS) is 19.1. The molecule has 6 rings (SSSR count). The highest BCUT2D eigenvalue weighted by atomic mass is 16.5. The van der Waals surface area contributed by atoms with Crippen LogP contribution in [-0.2, 0) is 9.53 Å². The zero-order valence-electron chi connectivity index (χ0n) is 23.6. The number of aromatic amines is 1. The molecule has 206 valence electrons. The number of rotatable bonds is 5. The van der Waals surface area contributed by atoms with Crippen LogP contribution in [0.4, 0.5) is 5.82 Å². The fourth-order valence-electron chi connectivity index (χ4n) is 6.06. The molecule has 2 aliphatic heterocycles. The molecule has 4 aromatic heterocycles. The van der Waals surface area contributed by atoms with Gasteiger partial charge in [-0.1, -0.05) is 13.8 Å². The van der Waals surface area contributed by atoms with Gasteiger partial charge in [-0.05, 0) is 49.9 Å². The standard InChI is InChI=1S/C29H38N8O2/c1-18(2)26-27(22-15-37-29(30-17-31-37)21(5)20(22)4)32-23-6-7-24(33-28(23)26)35-8-9-36(19(3)14-35)25(38)16-34-10-12-39-13-11-34/h6-7,15,17-19,32H,8-14,16H2,1-5H3/t19-/m1/s1. The first-order valence-electron chi connectivity index (χ1n) is 14.0. The summed E-state index contributed by atoms with van der Waals surface area (Å²) in [5, 5.41) is 4.40. The second-order valence-electron chi connectivity index (χ2n) is 11.2. The van der Waals surface area contributed by atoms with Gasteiger partial charge in [-0.2, -0.15) is 5.10 Å². The van der Waals surface area contributed by atoms with Crippen molar-refractivity contribution in [3.05, 3.63) is 41.3 Å².